The predicted molar refractivity (Wildman–Crippen MR) is 136 cm³/mol. The molecule has 1 aliphatic heterocycles. The van der Waals surface area contributed by atoms with E-state index in [-0.39, 0.29) is 11.3 Å². The molecule has 1 aromatic carbocycles. The van der Waals surface area contributed by atoms with Gasteiger partial charge in [-0.15, -0.1) is 0 Å². The van der Waals surface area contributed by atoms with E-state index in [1.165, 1.54) is 17.6 Å². The minimum Gasteiger partial charge on any atom is -0.486 e. The largest absolute Gasteiger partial charge is 0.486 e. The fourth-order valence-corrected chi connectivity index (χ4v) is 5.32. The number of nitrogens with two attached hydrogens (primary N) is 1. The molecule has 3 heterocycles. The molecule has 0 unspecified atom stereocenters. The molecule has 0 saturated heterocycles. The van der Waals surface area contributed by atoms with Crippen molar-refractivity contribution in [1.29, 1.82) is 0 Å². The third-order valence-corrected chi connectivity index (χ3v) is 7.12. The van der Waals surface area contributed by atoms with Gasteiger partial charge >= 0.3 is 0 Å². The second-order valence-electron chi connectivity index (χ2n) is 10.4. The highest BCUT2D eigenvalue weighted by Gasteiger charge is 2.36. The van der Waals surface area contributed by atoms with Gasteiger partial charge in [0.2, 0.25) is 0 Å². The molecule has 2 aromatic heterocycles. The van der Waals surface area contributed by atoms with Gasteiger partial charge in [0.25, 0.3) is 5.91 Å². The van der Waals surface area contributed by atoms with E-state index in [2.05, 4.69) is 58.8 Å². The van der Waals surface area contributed by atoms with Crippen LogP contribution in [0.4, 0.5) is 5.82 Å². The van der Waals surface area contributed by atoms with E-state index in [1.54, 1.807) is 0 Å². The highest BCUT2D eigenvalue weighted by atomic mass is 16.5. The van der Waals surface area contributed by atoms with Crippen molar-refractivity contribution in [2.75, 3.05) is 32.5 Å². The molecule has 0 atom stereocenters. The zero-order valence-electron chi connectivity index (χ0n) is 21.0. The Morgan fingerprint density at radius 2 is 2.00 bits per heavy atom. The van der Waals surface area contributed by atoms with Crippen molar-refractivity contribution in [1.82, 2.24) is 24.8 Å². The molecule has 184 valence electrons. The highest BCUT2D eigenvalue weighted by Crippen LogP contribution is 2.39. The van der Waals surface area contributed by atoms with Gasteiger partial charge < -0.3 is 25.3 Å². The number of hydrogen-bond acceptors (Lipinski definition) is 6. The summed E-state index contributed by atoms with van der Waals surface area (Å²) in [5, 5.41) is 3.06. The Morgan fingerprint density at radius 1 is 1.17 bits per heavy atom. The quantitative estimate of drug-likeness (QED) is 0.510. The Labute approximate surface area is 206 Å². The first-order valence-corrected chi connectivity index (χ1v) is 12.3. The first-order chi connectivity index (χ1) is 16.8. The molecule has 8 nitrogen and oxygen atoms in total. The van der Waals surface area contributed by atoms with Crippen molar-refractivity contribution in [2.45, 2.75) is 46.7 Å². The Kier molecular flexibility index (Phi) is 6.01. The maximum absolute atomic E-state index is 13.3. The Hall–Kier alpha value is -3.39. The van der Waals surface area contributed by atoms with Gasteiger partial charge in [0.15, 0.2) is 11.6 Å². The molecule has 3 N–H and O–H groups in total. The van der Waals surface area contributed by atoms with E-state index in [9.17, 15) is 4.79 Å². The standard InChI is InChI=1S/C27H34N6O2/c1-17-11-18(23-24(35-10-7-29-4)25(28)31-16-30-23)5-6-19(17)15-32-8-9-33-21(26(32)34)12-20-13-27(2,3)14-22(20)33/h5-6,11-12,16,29H,7-10,13-15H2,1-4H3,(H2,28,30,31). The van der Waals surface area contributed by atoms with E-state index in [4.69, 9.17) is 10.5 Å². The number of nitrogens with zero attached hydrogens (tertiary/aromatic N) is 4. The summed E-state index contributed by atoms with van der Waals surface area (Å²) in [4.78, 5) is 23.8. The maximum Gasteiger partial charge on any atom is 0.270 e. The minimum absolute atomic E-state index is 0.121. The fraction of sp³-hybridized carbons (Fsp3) is 0.444. The lowest BCUT2D eigenvalue weighted by Crippen LogP contribution is -2.40. The van der Waals surface area contributed by atoms with Crippen molar-refractivity contribution in [3.8, 4) is 17.0 Å². The lowest BCUT2D eigenvalue weighted by molar-refractivity contribution is 0.0688. The van der Waals surface area contributed by atoms with Crippen LogP contribution in [0.2, 0.25) is 0 Å². The lowest BCUT2D eigenvalue weighted by Gasteiger charge is -2.30. The number of nitrogens with one attached hydrogen (secondary N) is 1. The van der Waals surface area contributed by atoms with Gasteiger partial charge in [-0.05, 0) is 61.1 Å². The van der Waals surface area contributed by atoms with Crippen LogP contribution in [0.1, 0.15) is 46.7 Å². The second-order valence-corrected chi connectivity index (χ2v) is 10.4. The summed E-state index contributed by atoms with van der Waals surface area (Å²) in [5.41, 5.74) is 13.7. The van der Waals surface area contributed by atoms with E-state index >= 15 is 0 Å². The van der Waals surface area contributed by atoms with Crippen LogP contribution in [0, 0.1) is 12.3 Å². The van der Waals surface area contributed by atoms with Gasteiger partial charge in [0.05, 0.1) is 0 Å². The highest BCUT2D eigenvalue weighted by molar-refractivity contribution is 5.94. The van der Waals surface area contributed by atoms with Gasteiger partial charge in [0, 0.05) is 37.4 Å². The van der Waals surface area contributed by atoms with Gasteiger partial charge in [-0.1, -0.05) is 26.0 Å². The summed E-state index contributed by atoms with van der Waals surface area (Å²) < 4.78 is 8.13. The number of aromatic nitrogens is 3. The van der Waals surface area contributed by atoms with Crippen LogP contribution in [0.15, 0.2) is 30.6 Å². The third kappa shape index (κ3) is 4.38. The Bertz CT molecular complexity index is 1280. The smallest absolute Gasteiger partial charge is 0.270 e. The van der Waals surface area contributed by atoms with Crippen LogP contribution in [0.5, 0.6) is 5.75 Å². The van der Waals surface area contributed by atoms with Gasteiger partial charge in [-0.2, -0.15) is 0 Å². The second kappa shape index (κ2) is 9.00. The molecule has 0 radical (unpaired) electrons. The van der Waals surface area contributed by atoms with Crippen LogP contribution < -0.4 is 15.8 Å². The minimum atomic E-state index is 0.121. The van der Waals surface area contributed by atoms with Crippen LogP contribution in [-0.4, -0.2) is 52.1 Å². The van der Waals surface area contributed by atoms with Crippen molar-refractivity contribution < 1.29 is 9.53 Å². The number of likely N-dealkylation sites (N-methyl/N-ethyl adjacent to an activating group) is 1. The number of amides is 1. The van der Waals surface area contributed by atoms with Gasteiger partial charge in [0.1, 0.15) is 24.3 Å². The maximum atomic E-state index is 13.3. The number of aryl methyl sites for hydroxylation is 1. The first-order valence-electron chi connectivity index (χ1n) is 12.3. The number of ether oxygens (including phenoxy) is 1. The summed E-state index contributed by atoms with van der Waals surface area (Å²) in [6, 6.07) is 8.30. The molecule has 0 saturated carbocycles. The summed E-state index contributed by atoms with van der Waals surface area (Å²) in [6.07, 6.45) is 3.55. The average Bonchev–Trinajstić information content (AvgIpc) is 3.30. The van der Waals surface area contributed by atoms with Crippen LogP contribution in [0.3, 0.4) is 0 Å². The topological polar surface area (TPSA) is 98.3 Å². The van der Waals surface area contributed by atoms with E-state index in [1.807, 2.05) is 18.0 Å². The fourth-order valence-electron chi connectivity index (χ4n) is 5.32. The van der Waals surface area contributed by atoms with Crippen LogP contribution in [-0.2, 0) is 25.9 Å². The molecule has 2 aliphatic rings. The summed E-state index contributed by atoms with van der Waals surface area (Å²) in [7, 11) is 1.87. The lowest BCUT2D eigenvalue weighted by atomic mass is 9.90. The molecule has 0 fully saturated rings. The Balaban J connectivity index is 1.35. The predicted octanol–water partition coefficient (Wildman–Crippen LogP) is 3.21. The van der Waals surface area contributed by atoms with Crippen molar-refractivity contribution in [3.63, 3.8) is 0 Å². The molecule has 5 rings (SSSR count). The molecule has 1 aliphatic carbocycles. The SMILES string of the molecule is CNCCOc1c(N)ncnc1-c1ccc(CN2CCn3c(cc4c3CC(C)(C)C4)C2=O)c(C)c1. The van der Waals surface area contributed by atoms with Crippen LogP contribution in [0.25, 0.3) is 11.3 Å². The van der Waals surface area contributed by atoms with Crippen molar-refractivity contribution in [3.05, 3.63) is 58.7 Å². The number of benzene rings is 1. The van der Waals surface area contributed by atoms with E-state index < -0.39 is 0 Å². The number of anilines is 1. The summed E-state index contributed by atoms with van der Waals surface area (Å²) in [6.45, 7) is 10.0. The molecular weight excluding hydrogens is 440 g/mol. The normalized spacial score (nSPS) is 16.3. The zero-order valence-corrected chi connectivity index (χ0v) is 21.0. The average molecular weight is 475 g/mol. The van der Waals surface area contributed by atoms with E-state index in [0.29, 0.717) is 37.0 Å². The molecule has 1 amide bonds. The van der Waals surface area contributed by atoms with Gasteiger partial charge in [-0.3, -0.25) is 4.79 Å². The molecular formula is C27H34N6O2. The van der Waals surface area contributed by atoms with Gasteiger partial charge in [-0.25, -0.2) is 9.97 Å². The molecule has 0 spiro atoms. The monoisotopic (exact) mass is 474 g/mol. The molecule has 0 bridgehead atoms. The zero-order chi connectivity index (χ0) is 24.7. The molecule has 8 heteroatoms. The van der Waals surface area contributed by atoms with E-state index in [0.717, 1.165) is 48.3 Å². The number of hydrogen-bond donors (Lipinski definition) is 2. The van der Waals surface area contributed by atoms with Crippen molar-refractivity contribution in [2.24, 2.45) is 5.41 Å². The molecule has 35 heavy (non-hydrogen) atoms. The number of carbonyl (C=O) groups is 1. The van der Waals surface area contributed by atoms with Crippen molar-refractivity contribution >= 4 is 11.7 Å². The summed E-state index contributed by atoms with van der Waals surface area (Å²) >= 11 is 0. The Morgan fingerprint density at radius 3 is 2.77 bits per heavy atom. The summed E-state index contributed by atoms with van der Waals surface area (Å²) in [5.74, 6) is 0.943. The number of carbonyl (C=O) groups excluding carboxylic acids is 1. The first kappa shape index (κ1) is 23.4. The van der Waals surface area contributed by atoms with Crippen LogP contribution >= 0.6 is 0 Å². The molecule has 3 aromatic rings. The third-order valence-electron chi connectivity index (χ3n) is 7.12. The number of nitrogen functional groups attached to an aromatic ring is 1. The number of fused-ring (bicyclic) bond motifs is 3. The number of rotatable bonds is 7.